The largest absolute Gasteiger partial charge is 0.342 e. The zero-order valence-electron chi connectivity index (χ0n) is 19.5. The molecule has 6 heteroatoms. The molecule has 0 bridgehead atoms. The second-order valence-electron chi connectivity index (χ2n) is 8.63. The van der Waals surface area contributed by atoms with Gasteiger partial charge in [-0.05, 0) is 59.0 Å². The van der Waals surface area contributed by atoms with Gasteiger partial charge in [0.05, 0.1) is 10.6 Å². The van der Waals surface area contributed by atoms with Crippen LogP contribution in [0.3, 0.4) is 0 Å². The number of aromatic nitrogens is 1. The maximum atomic E-state index is 13.4. The molecule has 0 atom stereocenters. The first kappa shape index (κ1) is 23.1. The lowest BCUT2D eigenvalue weighted by Crippen LogP contribution is -2.27. The lowest BCUT2D eigenvalue weighted by Gasteiger charge is -2.15. The Hall–Kier alpha value is -3.32. The minimum Gasteiger partial charge on any atom is -0.342 e. The molecular weight excluding hydrogens is 501 g/mol. The van der Waals surface area contributed by atoms with Crippen LogP contribution in [-0.4, -0.2) is 21.1 Å². The molecule has 36 heavy (non-hydrogen) atoms. The molecule has 5 aromatic rings. The summed E-state index contributed by atoms with van der Waals surface area (Å²) in [5, 5.41) is 3.60. The SMILES string of the molecule is CSc1cccc(N2C(=O)/C(=C/c3cn(Cc4ccc5ccccc5c4)c4ccccc34)SC2=S)c1. The van der Waals surface area contributed by atoms with Crippen LogP contribution in [0.15, 0.2) is 107 Å². The van der Waals surface area contributed by atoms with Gasteiger partial charge in [0.15, 0.2) is 4.32 Å². The number of benzene rings is 4. The van der Waals surface area contributed by atoms with Crippen molar-refractivity contribution in [3.8, 4) is 0 Å². The molecular formula is C30H22N2OS3. The van der Waals surface area contributed by atoms with E-state index in [4.69, 9.17) is 12.2 Å². The Kier molecular flexibility index (Phi) is 6.17. The summed E-state index contributed by atoms with van der Waals surface area (Å²) in [7, 11) is 0. The maximum Gasteiger partial charge on any atom is 0.270 e. The van der Waals surface area contributed by atoms with Crippen molar-refractivity contribution < 1.29 is 4.79 Å². The highest BCUT2D eigenvalue weighted by molar-refractivity contribution is 8.27. The number of fused-ring (bicyclic) bond motifs is 2. The van der Waals surface area contributed by atoms with Crippen molar-refractivity contribution >= 4 is 79.4 Å². The summed E-state index contributed by atoms with van der Waals surface area (Å²) >= 11 is 8.62. The van der Waals surface area contributed by atoms with Crippen molar-refractivity contribution in [2.45, 2.75) is 11.4 Å². The van der Waals surface area contributed by atoms with Gasteiger partial charge in [-0.15, -0.1) is 11.8 Å². The molecule has 0 spiro atoms. The van der Waals surface area contributed by atoms with E-state index in [0.29, 0.717) is 9.23 Å². The van der Waals surface area contributed by atoms with Crippen molar-refractivity contribution in [1.82, 2.24) is 4.57 Å². The van der Waals surface area contributed by atoms with Gasteiger partial charge in [-0.2, -0.15) is 0 Å². The summed E-state index contributed by atoms with van der Waals surface area (Å²) in [6.07, 6.45) is 6.15. The highest BCUT2D eigenvalue weighted by Gasteiger charge is 2.33. The van der Waals surface area contributed by atoms with E-state index in [1.807, 2.05) is 42.7 Å². The number of carbonyl (C=O) groups is 1. The Morgan fingerprint density at radius 2 is 1.72 bits per heavy atom. The first-order valence-electron chi connectivity index (χ1n) is 11.6. The molecule has 0 saturated carbocycles. The highest BCUT2D eigenvalue weighted by atomic mass is 32.2. The fourth-order valence-electron chi connectivity index (χ4n) is 4.64. The summed E-state index contributed by atoms with van der Waals surface area (Å²) < 4.78 is 2.82. The third-order valence-electron chi connectivity index (χ3n) is 6.38. The van der Waals surface area contributed by atoms with Crippen molar-refractivity contribution in [3.05, 3.63) is 113 Å². The van der Waals surface area contributed by atoms with Crippen molar-refractivity contribution in [3.63, 3.8) is 0 Å². The minimum absolute atomic E-state index is 0.0744. The second kappa shape index (κ2) is 9.62. The number of hydrogen-bond donors (Lipinski definition) is 0. The van der Waals surface area contributed by atoms with Gasteiger partial charge in [0, 0.05) is 34.1 Å². The van der Waals surface area contributed by atoms with Crippen LogP contribution in [0, 0.1) is 0 Å². The molecule has 0 aliphatic carbocycles. The van der Waals surface area contributed by atoms with E-state index in [1.54, 1.807) is 16.7 Å². The monoisotopic (exact) mass is 522 g/mol. The van der Waals surface area contributed by atoms with Gasteiger partial charge in [0.2, 0.25) is 0 Å². The third kappa shape index (κ3) is 4.26. The number of hydrogen-bond acceptors (Lipinski definition) is 4. The lowest BCUT2D eigenvalue weighted by molar-refractivity contribution is -0.113. The molecule has 0 radical (unpaired) electrons. The van der Waals surface area contributed by atoms with E-state index in [2.05, 4.69) is 71.4 Å². The smallest absolute Gasteiger partial charge is 0.270 e. The molecule has 1 amide bonds. The minimum atomic E-state index is -0.0744. The van der Waals surface area contributed by atoms with Gasteiger partial charge in [0.1, 0.15) is 0 Å². The van der Waals surface area contributed by atoms with E-state index >= 15 is 0 Å². The molecule has 1 fully saturated rings. The van der Waals surface area contributed by atoms with Crippen LogP contribution in [0.25, 0.3) is 27.8 Å². The fraction of sp³-hybridized carbons (Fsp3) is 0.0667. The van der Waals surface area contributed by atoms with Gasteiger partial charge in [-0.3, -0.25) is 9.69 Å². The van der Waals surface area contributed by atoms with E-state index < -0.39 is 0 Å². The van der Waals surface area contributed by atoms with Crippen LogP contribution < -0.4 is 4.90 Å². The Labute approximate surface area is 223 Å². The Bertz CT molecular complexity index is 1680. The molecule has 4 aromatic carbocycles. The van der Waals surface area contributed by atoms with E-state index in [1.165, 1.54) is 28.1 Å². The van der Waals surface area contributed by atoms with E-state index in [-0.39, 0.29) is 5.91 Å². The maximum absolute atomic E-state index is 13.4. The van der Waals surface area contributed by atoms with Gasteiger partial charge < -0.3 is 4.57 Å². The average Bonchev–Trinajstić information content (AvgIpc) is 3.39. The molecule has 6 rings (SSSR count). The van der Waals surface area contributed by atoms with Crippen LogP contribution in [0.1, 0.15) is 11.1 Å². The van der Waals surface area contributed by atoms with Crippen LogP contribution >= 0.6 is 35.7 Å². The molecule has 1 saturated heterocycles. The van der Waals surface area contributed by atoms with Gasteiger partial charge in [-0.25, -0.2) is 0 Å². The summed E-state index contributed by atoms with van der Waals surface area (Å²) in [5.74, 6) is -0.0744. The normalized spacial score (nSPS) is 15.0. The molecule has 3 nitrogen and oxygen atoms in total. The van der Waals surface area contributed by atoms with Gasteiger partial charge in [-0.1, -0.05) is 84.6 Å². The van der Waals surface area contributed by atoms with E-state index in [9.17, 15) is 4.79 Å². The molecule has 1 aromatic heterocycles. The van der Waals surface area contributed by atoms with Crippen molar-refractivity contribution in [2.75, 3.05) is 11.2 Å². The quantitative estimate of drug-likeness (QED) is 0.133. The number of thioether (sulfide) groups is 2. The summed E-state index contributed by atoms with van der Waals surface area (Å²) in [5.41, 5.74) is 4.21. The van der Waals surface area contributed by atoms with Gasteiger partial charge >= 0.3 is 0 Å². The van der Waals surface area contributed by atoms with Crippen LogP contribution in [0.5, 0.6) is 0 Å². The fourth-order valence-corrected chi connectivity index (χ4v) is 6.38. The molecule has 1 aliphatic rings. The predicted octanol–water partition coefficient (Wildman–Crippen LogP) is 7.97. The number of nitrogens with zero attached hydrogens (tertiary/aromatic N) is 2. The number of carbonyl (C=O) groups excluding carboxylic acids is 1. The average molecular weight is 523 g/mol. The number of thiocarbonyl (C=S) groups is 1. The number of rotatable bonds is 5. The molecule has 0 unspecified atom stereocenters. The summed E-state index contributed by atoms with van der Waals surface area (Å²) in [4.78, 5) is 16.8. The number of anilines is 1. The van der Waals surface area contributed by atoms with E-state index in [0.717, 1.165) is 33.6 Å². The lowest BCUT2D eigenvalue weighted by atomic mass is 10.1. The standard InChI is InChI=1S/C30H22N2OS3/c1-35-25-10-6-9-24(17-25)32-29(33)28(36-30(32)34)16-23-19-31(27-12-5-4-11-26(23)27)18-20-13-14-21-7-2-3-8-22(21)15-20/h2-17,19H,18H2,1H3/b28-16-. The zero-order valence-corrected chi connectivity index (χ0v) is 22.0. The first-order valence-corrected chi connectivity index (χ1v) is 14.0. The predicted molar refractivity (Wildman–Crippen MR) is 159 cm³/mol. The topological polar surface area (TPSA) is 25.2 Å². The van der Waals surface area contributed by atoms with Crippen molar-refractivity contribution in [1.29, 1.82) is 0 Å². The number of para-hydroxylation sites is 1. The molecule has 2 heterocycles. The Morgan fingerprint density at radius 1 is 0.917 bits per heavy atom. The molecule has 176 valence electrons. The second-order valence-corrected chi connectivity index (χ2v) is 11.2. The number of amides is 1. The zero-order chi connectivity index (χ0) is 24.6. The molecule has 0 N–H and O–H groups in total. The Morgan fingerprint density at radius 3 is 2.58 bits per heavy atom. The molecule has 1 aliphatic heterocycles. The Balaban J connectivity index is 1.36. The highest BCUT2D eigenvalue weighted by Crippen LogP contribution is 2.38. The first-order chi connectivity index (χ1) is 17.6. The van der Waals surface area contributed by atoms with Crippen molar-refractivity contribution in [2.24, 2.45) is 0 Å². The van der Waals surface area contributed by atoms with Crippen LogP contribution in [0.4, 0.5) is 5.69 Å². The van der Waals surface area contributed by atoms with Gasteiger partial charge in [0.25, 0.3) is 5.91 Å². The third-order valence-corrected chi connectivity index (χ3v) is 8.41. The summed E-state index contributed by atoms with van der Waals surface area (Å²) in [6, 6.07) is 31.3. The van der Waals surface area contributed by atoms with Crippen LogP contribution in [-0.2, 0) is 11.3 Å². The van der Waals surface area contributed by atoms with Crippen LogP contribution in [0.2, 0.25) is 0 Å². The summed E-state index contributed by atoms with van der Waals surface area (Å²) in [6.45, 7) is 0.752.